The molecule has 0 bridgehead atoms. The fourth-order valence-electron chi connectivity index (χ4n) is 3.37. The molecule has 2 N–H and O–H groups in total. The van der Waals surface area contributed by atoms with Crippen LogP contribution in [0.3, 0.4) is 0 Å². The molecular weight excluding hydrogens is 402 g/mol. The molecule has 0 aromatic heterocycles. The summed E-state index contributed by atoms with van der Waals surface area (Å²) in [7, 11) is 1.63. The van der Waals surface area contributed by atoms with Crippen LogP contribution in [0.15, 0.2) is 84.9 Å². The molecule has 5 heteroatoms. The lowest BCUT2D eigenvalue weighted by atomic mass is 9.91. The zero-order valence-electron chi connectivity index (χ0n) is 18.0. The van der Waals surface area contributed by atoms with Gasteiger partial charge in [0.15, 0.2) is 0 Å². The fourth-order valence-corrected chi connectivity index (χ4v) is 3.37. The van der Waals surface area contributed by atoms with E-state index in [9.17, 15) is 9.59 Å². The Morgan fingerprint density at radius 2 is 1.66 bits per heavy atom. The minimum absolute atomic E-state index is 0.000772. The molecule has 0 fully saturated rings. The van der Waals surface area contributed by atoms with Crippen molar-refractivity contribution in [3.63, 3.8) is 0 Å². The van der Waals surface area contributed by atoms with E-state index in [1.807, 2.05) is 66.7 Å². The maximum absolute atomic E-state index is 12.6. The van der Waals surface area contributed by atoms with E-state index in [0.717, 1.165) is 28.5 Å². The molecule has 32 heavy (non-hydrogen) atoms. The quantitative estimate of drug-likeness (QED) is 0.459. The van der Waals surface area contributed by atoms with Crippen LogP contribution in [-0.2, 0) is 9.59 Å². The number of ether oxygens (including phenoxy) is 1. The van der Waals surface area contributed by atoms with Gasteiger partial charge in [-0.25, -0.2) is 4.79 Å². The number of rotatable bonds is 8. The number of methoxy groups -OCH3 is 1. The average molecular weight is 428 g/mol. The molecule has 3 rings (SSSR count). The Morgan fingerprint density at radius 1 is 0.938 bits per heavy atom. The molecule has 5 nitrogen and oxygen atoms in total. The van der Waals surface area contributed by atoms with E-state index in [-0.39, 0.29) is 11.8 Å². The van der Waals surface area contributed by atoms with Crippen molar-refractivity contribution in [2.75, 3.05) is 12.4 Å². The van der Waals surface area contributed by atoms with Crippen molar-refractivity contribution in [2.45, 2.75) is 12.8 Å². The fraction of sp³-hybridized carbons (Fsp3) is 0.111. The molecule has 1 atom stereocenters. The molecule has 0 saturated heterocycles. The lowest BCUT2D eigenvalue weighted by molar-refractivity contribution is -0.131. The zero-order chi connectivity index (χ0) is 22.9. The van der Waals surface area contributed by atoms with Gasteiger partial charge in [-0.3, -0.25) is 4.79 Å². The molecule has 1 amide bonds. The predicted molar refractivity (Wildman–Crippen MR) is 128 cm³/mol. The van der Waals surface area contributed by atoms with Gasteiger partial charge in [0.2, 0.25) is 5.91 Å². The first-order valence-corrected chi connectivity index (χ1v) is 10.2. The third-order valence-corrected chi connectivity index (χ3v) is 5.07. The molecule has 1 unspecified atom stereocenters. The van der Waals surface area contributed by atoms with E-state index < -0.39 is 5.97 Å². The molecule has 0 saturated carbocycles. The van der Waals surface area contributed by atoms with Crippen LogP contribution in [0.2, 0.25) is 0 Å². The monoisotopic (exact) mass is 427 g/mol. The highest BCUT2D eigenvalue weighted by molar-refractivity contribution is 6.03. The van der Waals surface area contributed by atoms with Crippen LogP contribution in [0, 0.1) is 0 Å². The SMILES string of the molecule is COc1ccccc1C(C)c1ccc(C=CC(=O)O)c(NC(=O)C=Cc2ccccc2)c1. The van der Waals surface area contributed by atoms with Gasteiger partial charge in [-0.2, -0.15) is 0 Å². The standard InChI is InChI=1S/C27H25NO4/c1-19(23-10-6-7-11-25(23)32-2)22-14-13-21(15-17-27(30)31)24(18-22)28-26(29)16-12-20-8-4-3-5-9-20/h3-19H,1-2H3,(H,28,29)(H,30,31). The van der Waals surface area contributed by atoms with Gasteiger partial charge in [-0.1, -0.05) is 67.6 Å². The summed E-state index contributed by atoms with van der Waals surface area (Å²) < 4.78 is 5.49. The maximum atomic E-state index is 12.6. The first kappa shape index (κ1) is 22.6. The van der Waals surface area contributed by atoms with Gasteiger partial charge in [0.1, 0.15) is 5.75 Å². The van der Waals surface area contributed by atoms with Gasteiger partial charge in [0.25, 0.3) is 0 Å². The second-order valence-electron chi connectivity index (χ2n) is 7.22. The number of carboxylic acid groups (broad SMARTS) is 1. The number of carbonyl (C=O) groups is 2. The number of para-hydroxylation sites is 1. The molecule has 0 radical (unpaired) electrons. The number of carboxylic acids is 1. The van der Waals surface area contributed by atoms with Crippen molar-refractivity contribution < 1.29 is 19.4 Å². The summed E-state index contributed by atoms with van der Waals surface area (Å²) >= 11 is 0. The lowest BCUT2D eigenvalue weighted by Crippen LogP contribution is -2.10. The van der Waals surface area contributed by atoms with Gasteiger partial charge in [-0.15, -0.1) is 0 Å². The van der Waals surface area contributed by atoms with Gasteiger partial charge < -0.3 is 15.2 Å². The third-order valence-electron chi connectivity index (χ3n) is 5.07. The number of aliphatic carboxylic acids is 1. The van der Waals surface area contributed by atoms with E-state index in [1.165, 1.54) is 12.2 Å². The van der Waals surface area contributed by atoms with Gasteiger partial charge in [0, 0.05) is 29.3 Å². The number of carbonyl (C=O) groups excluding carboxylic acids is 1. The Balaban J connectivity index is 1.91. The number of amides is 1. The minimum atomic E-state index is -1.06. The Morgan fingerprint density at radius 3 is 2.38 bits per heavy atom. The summed E-state index contributed by atoms with van der Waals surface area (Å²) in [4.78, 5) is 23.6. The second-order valence-corrected chi connectivity index (χ2v) is 7.22. The largest absolute Gasteiger partial charge is 0.496 e. The minimum Gasteiger partial charge on any atom is -0.496 e. The Labute approximate surface area is 187 Å². The molecule has 0 spiro atoms. The highest BCUT2D eigenvalue weighted by Crippen LogP contribution is 2.33. The number of anilines is 1. The summed E-state index contributed by atoms with van der Waals surface area (Å²) in [6.07, 6.45) is 5.70. The van der Waals surface area contributed by atoms with Crippen molar-refractivity contribution in [3.05, 3.63) is 107 Å². The third kappa shape index (κ3) is 5.95. The number of hydrogen-bond donors (Lipinski definition) is 2. The molecule has 3 aromatic carbocycles. The molecule has 3 aromatic rings. The van der Waals surface area contributed by atoms with Crippen LogP contribution in [0.25, 0.3) is 12.2 Å². The van der Waals surface area contributed by atoms with Gasteiger partial charge >= 0.3 is 5.97 Å². The molecule has 0 aliphatic carbocycles. The van der Waals surface area contributed by atoms with E-state index in [4.69, 9.17) is 9.84 Å². The summed E-state index contributed by atoms with van der Waals surface area (Å²) in [5, 5.41) is 11.9. The maximum Gasteiger partial charge on any atom is 0.328 e. The van der Waals surface area contributed by atoms with Gasteiger partial charge in [-0.05, 0) is 41.0 Å². The first-order valence-electron chi connectivity index (χ1n) is 10.2. The van der Waals surface area contributed by atoms with Crippen LogP contribution in [0.5, 0.6) is 5.75 Å². The zero-order valence-corrected chi connectivity index (χ0v) is 18.0. The Hall–Kier alpha value is -4.12. The number of benzene rings is 3. The summed E-state index contributed by atoms with van der Waals surface area (Å²) in [5.74, 6) is -0.580. The van der Waals surface area contributed by atoms with Crippen molar-refractivity contribution in [1.82, 2.24) is 0 Å². The summed E-state index contributed by atoms with van der Waals surface area (Å²) in [5.41, 5.74) is 4.02. The van der Waals surface area contributed by atoms with Gasteiger partial charge in [0.05, 0.1) is 7.11 Å². The smallest absolute Gasteiger partial charge is 0.328 e. The summed E-state index contributed by atoms with van der Waals surface area (Å²) in [6.45, 7) is 2.06. The predicted octanol–water partition coefficient (Wildman–Crippen LogP) is 5.60. The highest BCUT2D eigenvalue weighted by atomic mass is 16.5. The van der Waals surface area contributed by atoms with E-state index in [1.54, 1.807) is 19.3 Å². The summed E-state index contributed by atoms with van der Waals surface area (Å²) in [6, 6.07) is 22.9. The molecule has 162 valence electrons. The van der Waals surface area contributed by atoms with Crippen LogP contribution >= 0.6 is 0 Å². The molecule has 0 aliphatic heterocycles. The van der Waals surface area contributed by atoms with E-state index in [0.29, 0.717) is 11.3 Å². The molecule has 0 heterocycles. The van der Waals surface area contributed by atoms with Crippen molar-refractivity contribution in [1.29, 1.82) is 0 Å². The van der Waals surface area contributed by atoms with Crippen molar-refractivity contribution in [2.24, 2.45) is 0 Å². The number of hydrogen-bond acceptors (Lipinski definition) is 3. The Kier molecular flexibility index (Phi) is 7.60. The van der Waals surface area contributed by atoms with Crippen LogP contribution in [0.1, 0.15) is 35.1 Å². The van der Waals surface area contributed by atoms with Crippen molar-refractivity contribution >= 4 is 29.7 Å². The van der Waals surface area contributed by atoms with Crippen LogP contribution in [-0.4, -0.2) is 24.1 Å². The average Bonchev–Trinajstić information content (AvgIpc) is 2.82. The lowest BCUT2D eigenvalue weighted by Gasteiger charge is -2.18. The van der Waals surface area contributed by atoms with E-state index >= 15 is 0 Å². The first-order chi connectivity index (χ1) is 15.5. The normalized spacial score (nSPS) is 12.1. The number of nitrogens with one attached hydrogen (secondary N) is 1. The molecule has 0 aliphatic rings. The second kappa shape index (κ2) is 10.8. The van der Waals surface area contributed by atoms with Crippen molar-refractivity contribution in [3.8, 4) is 5.75 Å². The highest BCUT2D eigenvalue weighted by Gasteiger charge is 2.15. The van der Waals surface area contributed by atoms with Crippen LogP contribution < -0.4 is 10.1 Å². The topological polar surface area (TPSA) is 75.6 Å². The molecular formula is C27H25NO4. The van der Waals surface area contributed by atoms with Crippen LogP contribution in [0.4, 0.5) is 5.69 Å². The van der Waals surface area contributed by atoms with E-state index in [2.05, 4.69) is 12.2 Å². The Bertz CT molecular complexity index is 1150.